The van der Waals surface area contributed by atoms with Gasteiger partial charge >= 0.3 is 0 Å². The van der Waals surface area contributed by atoms with Crippen LogP contribution in [0.3, 0.4) is 0 Å². The molecule has 3 heteroatoms. The molecule has 7 heavy (non-hydrogen) atoms. The minimum atomic E-state index is 0.0135. The van der Waals surface area contributed by atoms with Crippen LogP contribution < -0.4 is 0 Å². The van der Waals surface area contributed by atoms with Gasteiger partial charge in [-0.25, -0.2) is 0 Å². The van der Waals surface area contributed by atoms with Crippen molar-refractivity contribution in [2.45, 2.75) is 13.3 Å². The molecular formula is C4H7NO2. The van der Waals surface area contributed by atoms with Gasteiger partial charge in [0.05, 0.1) is 6.54 Å². The maximum Gasteiger partial charge on any atom is 0.131 e. The van der Waals surface area contributed by atoms with Crippen LogP contribution in [0.5, 0.6) is 0 Å². The van der Waals surface area contributed by atoms with E-state index in [2.05, 4.69) is 5.18 Å². The molecule has 0 amide bonds. The van der Waals surface area contributed by atoms with Gasteiger partial charge in [-0.1, -0.05) is 5.18 Å². The van der Waals surface area contributed by atoms with Gasteiger partial charge in [-0.05, 0) is 6.92 Å². The maximum absolute atomic E-state index is 10.0. The number of rotatable bonds is 3. The molecule has 0 fully saturated rings. The van der Waals surface area contributed by atoms with Crippen LogP contribution >= 0.6 is 0 Å². The Morgan fingerprint density at radius 3 is 2.43 bits per heavy atom. The summed E-state index contributed by atoms with van der Waals surface area (Å²) in [4.78, 5) is 19.3. The molecule has 0 aliphatic heterocycles. The lowest BCUT2D eigenvalue weighted by atomic mass is 10.3. The topological polar surface area (TPSA) is 46.5 Å². The van der Waals surface area contributed by atoms with Crippen molar-refractivity contribution >= 4 is 5.78 Å². The fourth-order valence-electron chi connectivity index (χ4n) is 0.203. The fourth-order valence-corrected chi connectivity index (χ4v) is 0.203. The minimum absolute atomic E-state index is 0.0135. The first-order chi connectivity index (χ1) is 3.27. The number of carbonyl (C=O) groups is 1. The first-order valence-corrected chi connectivity index (χ1v) is 2.06. The van der Waals surface area contributed by atoms with Crippen molar-refractivity contribution in [1.82, 2.24) is 0 Å². The Hall–Kier alpha value is -0.730. The zero-order valence-electron chi connectivity index (χ0n) is 4.18. The predicted octanol–water partition coefficient (Wildman–Crippen LogP) is 0.732. The molecule has 0 saturated carbocycles. The van der Waals surface area contributed by atoms with E-state index in [9.17, 15) is 9.70 Å². The van der Waals surface area contributed by atoms with Crippen LogP contribution in [-0.2, 0) is 4.79 Å². The van der Waals surface area contributed by atoms with E-state index in [1.807, 2.05) is 0 Å². The van der Waals surface area contributed by atoms with Crippen LogP contribution in [0.25, 0.3) is 0 Å². The zero-order chi connectivity index (χ0) is 5.70. The molecule has 0 N–H and O–H groups in total. The molecule has 0 rings (SSSR count). The number of nitroso groups, excluding NO2 is 1. The minimum Gasteiger partial charge on any atom is -0.300 e. The first-order valence-electron chi connectivity index (χ1n) is 2.06. The summed E-state index contributed by atoms with van der Waals surface area (Å²) >= 11 is 0. The smallest absolute Gasteiger partial charge is 0.131 e. The summed E-state index contributed by atoms with van der Waals surface area (Å²) < 4.78 is 0. The van der Waals surface area contributed by atoms with Gasteiger partial charge in [0.1, 0.15) is 5.78 Å². The molecule has 0 radical (unpaired) electrons. The molecule has 40 valence electrons. The second-order valence-corrected chi connectivity index (χ2v) is 1.30. The number of Topliss-reactive ketones (excluding diaryl/α,β-unsaturated/α-hetero) is 1. The van der Waals surface area contributed by atoms with Crippen LogP contribution in [-0.4, -0.2) is 12.3 Å². The van der Waals surface area contributed by atoms with Crippen molar-refractivity contribution in [3.63, 3.8) is 0 Å². The van der Waals surface area contributed by atoms with Crippen LogP contribution in [0.1, 0.15) is 13.3 Å². The summed E-state index contributed by atoms with van der Waals surface area (Å²) in [6.45, 7) is 1.56. The molecule has 0 saturated heterocycles. The van der Waals surface area contributed by atoms with Gasteiger partial charge in [0, 0.05) is 6.42 Å². The lowest BCUT2D eigenvalue weighted by molar-refractivity contribution is -0.116. The van der Waals surface area contributed by atoms with Gasteiger partial charge in [0.2, 0.25) is 0 Å². The van der Waals surface area contributed by atoms with Gasteiger partial charge in [-0.3, -0.25) is 4.79 Å². The highest BCUT2D eigenvalue weighted by Crippen LogP contribution is 1.79. The second-order valence-electron chi connectivity index (χ2n) is 1.30. The molecule has 0 aromatic carbocycles. The maximum atomic E-state index is 10.0. The number of nitrogens with zero attached hydrogens (tertiary/aromatic N) is 1. The molecule has 0 atom stereocenters. The van der Waals surface area contributed by atoms with E-state index in [1.165, 1.54) is 6.92 Å². The summed E-state index contributed by atoms with van der Waals surface area (Å²) in [5.41, 5.74) is 0. The number of hydrogen-bond acceptors (Lipinski definition) is 3. The Morgan fingerprint density at radius 2 is 2.29 bits per heavy atom. The highest BCUT2D eigenvalue weighted by atomic mass is 16.3. The Morgan fingerprint density at radius 1 is 1.71 bits per heavy atom. The van der Waals surface area contributed by atoms with Gasteiger partial charge in [0.15, 0.2) is 0 Å². The van der Waals surface area contributed by atoms with Crippen molar-refractivity contribution in [3.8, 4) is 0 Å². The molecule has 0 unspecified atom stereocenters. The van der Waals surface area contributed by atoms with Crippen LogP contribution in [0.2, 0.25) is 0 Å². The average Bonchev–Trinajstić information content (AvgIpc) is 1.61. The van der Waals surface area contributed by atoms with Crippen molar-refractivity contribution in [1.29, 1.82) is 0 Å². The summed E-state index contributed by atoms with van der Waals surface area (Å²) in [6.07, 6.45) is 0.281. The zero-order valence-corrected chi connectivity index (χ0v) is 4.18. The van der Waals surface area contributed by atoms with Crippen molar-refractivity contribution in [2.75, 3.05) is 6.54 Å². The quantitative estimate of drug-likeness (QED) is 0.492. The summed E-state index contributed by atoms with van der Waals surface area (Å²) in [7, 11) is 0. The Bertz CT molecular complexity index is 79.8. The summed E-state index contributed by atoms with van der Waals surface area (Å²) in [6, 6.07) is 0. The van der Waals surface area contributed by atoms with Crippen molar-refractivity contribution < 1.29 is 4.79 Å². The molecule has 3 nitrogen and oxygen atoms in total. The van der Waals surface area contributed by atoms with Crippen molar-refractivity contribution in [3.05, 3.63) is 4.91 Å². The lowest BCUT2D eigenvalue weighted by Gasteiger charge is -1.79. The first kappa shape index (κ1) is 6.27. The molecule has 0 bridgehead atoms. The summed E-state index contributed by atoms with van der Waals surface area (Å²) in [5.74, 6) is 0.0135. The van der Waals surface area contributed by atoms with E-state index in [0.717, 1.165) is 0 Å². The average molecular weight is 101 g/mol. The summed E-state index contributed by atoms with van der Waals surface area (Å²) in [5, 5.41) is 2.50. The number of hydrogen-bond donors (Lipinski definition) is 0. The third kappa shape index (κ3) is 5.27. The molecule has 0 aromatic rings. The largest absolute Gasteiger partial charge is 0.300 e. The van der Waals surface area contributed by atoms with E-state index in [0.29, 0.717) is 0 Å². The third-order valence-electron chi connectivity index (χ3n) is 0.555. The number of ketones is 1. The molecule has 0 aliphatic carbocycles. The standard InChI is InChI=1S/C4H7NO2/c1-4(6)2-3-5-7/h2-3H2,1H3. The van der Waals surface area contributed by atoms with Gasteiger partial charge in [-0.15, -0.1) is 0 Å². The van der Waals surface area contributed by atoms with Gasteiger partial charge < -0.3 is 0 Å². The van der Waals surface area contributed by atoms with E-state index in [-0.39, 0.29) is 18.7 Å². The monoisotopic (exact) mass is 101 g/mol. The number of carbonyl (C=O) groups excluding carboxylic acids is 1. The van der Waals surface area contributed by atoms with Crippen LogP contribution in [0.15, 0.2) is 5.18 Å². The molecule has 0 aromatic heterocycles. The molecule has 0 aliphatic rings. The highest BCUT2D eigenvalue weighted by Gasteiger charge is 1.88. The molecular weight excluding hydrogens is 94.0 g/mol. The Kier molecular flexibility index (Phi) is 3.10. The Labute approximate surface area is 41.7 Å². The highest BCUT2D eigenvalue weighted by molar-refractivity contribution is 5.75. The van der Waals surface area contributed by atoms with Crippen LogP contribution in [0, 0.1) is 4.91 Å². The van der Waals surface area contributed by atoms with Gasteiger partial charge in [-0.2, -0.15) is 4.91 Å². The normalized spacial score (nSPS) is 8.14. The van der Waals surface area contributed by atoms with Gasteiger partial charge in [0.25, 0.3) is 0 Å². The van der Waals surface area contributed by atoms with Crippen LogP contribution in [0.4, 0.5) is 0 Å². The lowest BCUT2D eigenvalue weighted by Crippen LogP contribution is -1.90. The SMILES string of the molecule is CC(=O)CCN=O. The Balaban J connectivity index is 2.97. The van der Waals surface area contributed by atoms with E-state index >= 15 is 0 Å². The third-order valence-corrected chi connectivity index (χ3v) is 0.555. The molecule has 0 heterocycles. The van der Waals surface area contributed by atoms with E-state index in [1.54, 1.807) is 0 Å². The fraction of sp³-hybridized carbons (Fsp3) is 0.750. The van der Waals surface area contributed by atoms with Crippen molar-refractivity contribution in [2.24, 2.45) is 5.18 Å². The molecule has 0 spiro atoms. The van der Waals surface area contributed by atoms with E-state index < -0.39 is 0 Å². The van der Waals surface area contributed by atoms with E-state index in [4.69, 9.17) is 0 Å². The predicted molar refractivity (Wildman–Crippen MR) is 26.0 cm³/mol. The second kappa shape index (κ2) is 3.46.